The van der Waals surface area contributed by atoms with Crippen LogP contribution in [0.5, 0.6) is 0 Å². The maximum atomic E-state index is 10.3. The molecule has 0 saturated heterocycles. The Kier molecular flexibility index (Phi) is 6.84. The number of aliphatic hydroxyl groups excluding tert-OH is 1. The van der Waals surface area contributed by atoms with Crippen molar-refractivity contribution >= 4 is 44.7 Å². The van der Waals surface area contributed by atoms with Crippen LogP contribution in [0.3, 0.4) is 0 Å². The first-order valence-corrected chi connectivity index (χ1v) is 5.77. The standard InChI is InChI=1S/C2H8O7P2.Na.H/c3-1-2(10(4,5)6)11(7,8)9;;/h2-3H,1H2,(H2,4,5,6)(H2,7,8,9);;. The predicted octanol–water partition coefficient (Wildman–Crippen LogP) is -1.99. The number of hydrogen-bond acceptors (Lipinski definition) is 3. The minimum absolute atomic E-state index is 0. The molecule has 12 heavy (non-hydrogen) atoms. The predicted molar refractivity (Wildman–Crippen MR) is 42.1 cm³/mol. The van der Waals surface area contributed by atoms with E-state index in [0.29, 0.717) is 0 Å². The second-order valence-electron chi connectivity index (χ2n) is 1.84. The van der Waals surface area contributed by atoms with E-state index in [4.69, 9.17) is 24.7 Å². The van der Waals surface area contributed by atoms with E-state index in [-0.39, 0.29) is 29.6 Å². The van der Waals surface area contributed by atoms with Gasteiger partial charge in [-0.1, -0.05) is 0 Å². The van der Waals surface area contributed by atoms with Crippen LogP contribution in [-0.4, -0.2) is 66.2 Å². The summed E-state index contributed by atoms with van der Waals surface area (Å²) in [4.78, 5) is 33.1. The van der Waals surface area contributed by atoms with Gasteiger partial charge in [0.1, 0.15) is 0 Å². The average molecular weight is 230 g/mol. The van der Waals surface area contributed by atoms with Crippen molar-refractivity contribution in [2.24, 2.45) is 0 Å². The molecule has 0 amide bonds. The first-order valence-electron chi connectivity index (χ1n) is 2.41. The Hall–Kier alpha value is 1.26. The fourth-order valence-corrected chi connectivity index (χ4v) is 2.40. The summed E-state index contributed by atoms with van der Waals surface area (Å²) in [5, 5.41) is 5.92. The topological polar surface area (TPSA) is 135 Å². The summed E-state index contributed by atoms with van der Waals surface area (Å²) in [6.45, 7) is -1.24. The fourth-order valence-electron chi connectivity index (χ4n) is 0.409. The van der Waals surface area contributed by atoms with E-state index in [1.807, 2.05) is 0 Å². The third-order valence-electron chi connectivity index (χ3n) is 0.940. The Labute approximate surface area is 90.4 Å². The molecule has 7 nitrogen and oxygen atoms in total. The molecule has 0 saturated carbocycles. The molecular weight excluding hydrogens is 221 g/mol. The van der Waals surface area contributed by atoms with Crippen molar-refractivity contribution in [2.75, 3.05) is 6.61 Å². The molecule has 70 valence electrons. The first kappa shape index (κ1) is 15.7. The van der Waals surface area contributed by atoms with Gasteiger partial charge in [-0.05, 0) is 0 Å². The summed E-state index contributed by atoms with van der Waals surface area (Å²) >= 11 is 0. The van der Waals surface area contributed by atoms with Crippen molar-refractivity contribution in [1.29, 1.82) is 0 Å². The second kappa shape index (κ2) is 5.22. The molecule has 0 aliphatic carbocycles. The van der Waals surface area contributed by atoms with Crippen LogP contribution in [-0.2, 0) is 9.13 Å². The Morgan fingerprint density at radius 1 is 1.00 bits per heavy atom. The maximum absolute atomic E-state index is 10.3. The SMILES string of the molecule is O=P(O)(O)C(CO)P(=O)(O)O.[NaH]. The molecule has 0 aromatic carbocycles. The molecule has 0 aliphatic rings. The van der Waals surface area contributed by atoms with E-state index in [9.17, 15) is 9.13 Å². The van der Waals surface area contributed by atoms with Crippen molar-refractivity contribution in [3.05, 3.63) is 0 Å². The van der Waals surface area contributed by atoms with Gasteiger partial charge in [-0.3, -0.25) is 9.13 Å². The van der Waals surface area contributed by atoms with E-state index >= 15 is 0 Å². The van der Waals surface area contributed by atoms with Gasteiger partial charge in [0.25, 0.3) is 0 Å². The van der Waals surface area contributed by atoms with Crippen molar-refractivity contribution in [3.63, 3.8) is 0 Å². The zero-order chi connectivity index (χ0) is 9.28. The average Bonchev–Trinajstić information content (AvgIpc) is 1.56. The molecule has 0 spiro atoms. The molecule has 0 unspecified atom stereocenters. The van der Waals surface area contributed by atoms with Crippen molar-refractivity contribution < 1.29 is 33.8 Å². The summed E-state index contributed by atoms with van der Waals surface area (Å²) in [5.74, 6) is 0. The Morgan fingerprint density at radius 3 is 1.25 bits per heavy atom. The van der Waals surface area contributed by atoms with Crippen LogP contribution in [0.1, 0.15) is 0 Å². The summed E-state index contributed by atoms with van der Waals surface area (Å²) in [6.07, 6.45) is 0. The molecule has 5 N–H and O–H groups in total. The number of rotatable bonds is 3. The second-order valence-corrected chi connectivity index (χ2v) is 5.85. The normalized spacial score (nSPS) is 12.8. The molecular formula is C2H9NaO7P2. The monoisotopic (exact) mass is 230 g/mol. The van der Waals surface area contributed by atoms with Crippen LogP contribution in [0.2, 0.25) is 0 Å². The number of aliphatic hydroxyl groups is 1. The van der Waals surface area contributed by atoms with Crippen LogP contribution in [0.25, 0.3) is 0 Å². The molecule has 0 aromatic rings. The number of hydrogen-bond donors (Lipinski definition) is 5. The Balaban J connectivity index is 0. The van der Waals surface area contributed by atoms with Gasteiger partial charge in [0.2, 0.25) is 0 Å². The first-order chi connectivity index (χ1) is 4.69. The van der Waals surface area contributed by atoms with Gasteiger partial charge in [-0.25, -0.2) is 0 Å². The summed E-state index contributed by atoms with van der Waals surface area (Å²) in [6, 6.07) is 0. The fraction of sp³-hybridized carbons (Fsp3) is 1.00. The summed E-state index contributed by atoms with van der Waals surface area (Å²) < 4.78 is 20.5. The van der Waals surface area contributed by atoms with Crippen LogP contribution < -0.4 is 0 Å². The van der Waals surface area contributed by atoms with Crippen molar-refractivity contribution in [2.45, 2.75) is 5.40 Å². The van der Waals surface area contributed by atoms with Gasteiger partial charge >= 0.3 is 44.7 Å². The third kappa shape index (κ3) is 5.09. The van der Waals surface area contributed by atoms with Gasteiger partial charge < -0.3 is 24.7 Å². The molecule has 0 heterocycles. The van der Waals surface area contributed by atoms with E-state index in [1.165, 1.54) is 0 Å². The minimum atomic E-state index is -4.91. The Morgan fingerprint density at radius 2 is 1.25 bits per heavy atom. The summed E-state index contributed by atoms with van der Waals surface area (Å²) in [5.41, 5.74) is 0. The van der Waals surface area contributed by atoms with E-state index in [1.54, 1.807) is 0 Å². The molecule has 10 heteroatoms. The van der Waals surface area contributed by atoms with Gasteiger partial charge in [0, 0.05) is 0 Å². The van der Waals surface area contributed by atoms with Crippen LogP contribution in [0.4, 0.5) is 0 Å². The summed E-state index contributed by atoms with van der Waals surface area (Å²) in [7, 11) is -9.82. The van der Waals surface area contributed by atoms with E-state index in [0.717, 1.165) is 0 Å². The zero-order valence-corrected chi connectivity index (χ0v) is 7.02. The van der Waals surface area contributed by atoms with Gasteiger partial charge in [0.05, 0.1) is 6.61 Å². The van der Waals surface area contributed by atoms with Gasteiger partial charge in [0.15, 0.2) is 5.40 Å². The molecule has 0 rings (SSSR count). The molecule has 0 fully saturated rings. The molecule has 0 aliphatic heterocycles. The molecule has 0 atom stereocenters. The van der Waals surface area contributed by atoms with E-state index < -0.39 is 27.2 Å². The quantitative estimate of drug-likeness (QED) is 0.279. The Bertz CT molecular complexity index is 193. The zero-order valence-electron chi connectivity index (χ0n) is 5.23. The van der Waals surface area contributed by atoms with Gasteiger partial charge in [-0.2, -0.15) is 0 Å². The van der Waals surface area contributed by atoms with Crippen LogP contribution in [0, 0.1) is 0 Å². The molecule has 0 bridgehead atoms. The van der Waals surface area contributed by atoms with Gasteiger partial charge in [-0.15, -0.1) is 0 Å². The van der Waals surface area contributed by atoms with Crippen LogP contribution >= 0.6 is 15.2 Å². The molecule has 0 aromatic heterocycles. The van der Waals surface area contributed by atoms with E-state index in [2.05, 4.69) is 0 Å². The van der Waals surface area contributed by atoms with Crippen molar-refractivity contribution in [1.82, 2.24) is 0 Å². The van der Waals surface area contributed by atoms with Crippen molar-refractivity contribution in [3.8, 4) is 0 Å². The van der Waals surface area contributed by atoms with Crippen LogP contribution in [0.15, 0.2) is 0 Å². The molecule has 0 radical (unpaired) electrons. The third-order valence-corrected chi connectivity index (χ3v) is 4.62.